The lowest BCUT2D eigenvalue weighted by Gasteiger charge is -2.05. The molecule has 0 atom stereocenters. The third kappa shape index (κ3) is 5.19. The minimum Gasteiger partial charge on any atom is -0.484 e. The summed E-state index contributed by atoms with van der Waals surface area (Å²) in [6, 6.07) is 15.7. The van der Waals surface area contributed by atoms with E-state index in [1.807, 2.05) is 31.2 Å². The molecular weight excluding hydrogens is 374 g/mol. The molecule has 2 aromatic carbocycles. The lowest BCUT2D eigenvalue weighted by Crippen LogP contribution is -2.20. The molecule has 0 aliphatic rings. The Morgan fingerprint density at radius 2 is 1.76 bits per heavy atom. The predicted octanol–water partition coefficient (Wildman–Crippen LogP) is 1.73. The molecule has 0 saturated carbocycles. The van der Waals surface area contributed by atoms with Gasteiger partial charge in [-0.05, 0) is 37.3 Å². The summed E-state index contributed by atoms with van der Waals surface area (Å²) in [6.45, 7) is 1.76. The van der Waals surface area contributed by atoms with Crippen LogP contribution in [0.4, 0.5) is 0 Å². The van der Waals surface area contributed by atoms with Gasteiger partial charge in [0.25, 0.3) is 5.91 Å². The van der Waals surface area contributed by atoms with E-state index >= 15 is 0 Å². The number of aryl methyl sites for hydroxylation is 1. The fourth-order valence-corrected chi connectivity index (χ4v) is 2.37. The van der Waals surface area contributed by atoms with Gasteiger partial charge in [-0.25, -0.2) is 4.79 Å². The van der Waals surface area contributed by atoms with E-state index in [2.05, 4.69) is 15.4 Å². The average molecular weight is 393 g/mol. The van der Waals surface area contributed by atoms with Gasteiger partial charge in [0.15, 0.2) is 12.4 Å². The first-order valence-corrected chi connectivity index (χ1v) is 8.61. The van der Waals surface area contributed by atoms with Crippen molar-refractivity contribution in [1.82, 2.24) is 10.2 Å². The number of aromatic amines is 1. The summed E-state index contributed by atoms with van der Waals surface area (Å²) >= 11 is 0. The lowest BCUT2D eigenvalue weighted by atomic mass is 10.1. The minimum atomic E-state index is -0.722. The van der Waals surface area contributed by atoms with Gasteiger partial charge < -0.3 is 21.0 Å². The first-order valence-electron chi connectivity index (χ1n) is 8.61. The van der Waals surface area contributed by atoms with E-state index in [4.69, 9.17) is 21.0 Å². The SMILES string of the molecule is Cc1ccc(-c2cc(C(=O)O/N=C(\N)c3ccc(OCC(N)=O)cc3)[nH]n2)cc1. The van der Waals surface area contributed by atoms with Crippen LogP contribution < -0.4 is 16.2 Å². The topological polar surface area (TPSA) is 146 Å². The highest BCUT2D eigenvalue weighted by Crippen LogP contribution is 2.18. The van der Waals surface area contributed by atoms with Gasteiger partial charge in [-0.1, -0.05) is 35.0 Å². The van der Waals surface area contributed by atoms with Gasteiger partial charge in [-0.2, -0.15) is 5.10 Å². The number of benzene rings is 2. The highest BCUT2D eigenvalue weighted by Gasteiger charge is 2.13. The summed E-state index contributed by atoms with van der Waals surface area (Å²) in [5.41, 5.74) is 14.1. The molecule has 1 amide bonds. The van der Waals surface area contributed by atoms with E-state index in [0.717, 1.165) is 11.1 Å². The predicted molar refractivity (Wildman–Crippen MR) is 106 cm³/mol. The molecule has 9 nitrogen and oxygen atoms in total. The monoisotopic (exact) mass is 393 g/mol. The number of H-pyrrole nitrogens is 1. The van der Waals surface area contributed by atoms with E-state index < -0.39 is 11.9 Å². The van der Waals surface area contributed by atoms with Gasteiger partial charge in [0.2, 0.25) is 0 Å². The Kier molecular flexibility index (Phi) is 5.88. The van der Waals surface area contributed by atoms with Crippen LogP contribution in [0.25, 0.3) is 11.3 Å². The summed E-state index contributed by atoms with van der Waals surface area (Å²) in [7, 11) is 0. The second-order valence-electron chi connectivity index (χ2n) is 6.17. The Hall–Kier alpha value is -4.14. The Labute approximate surface area is 166 Å². The van der Waals surface area contributed by atoms with Gasteiger partial charge in [-0.3, -0.25) is 9.89 Å². The van der Waals surface area contributed by atoms with Crippen LogP contribution in [-0.2, 0) is 9.63 Å². The molecule has 0 saturated heterocycles. The summed E-state index contributed by atoms with van der Waals surface area (Å²) in [5, 5.41) is 10.4. The van der Waals surface area contributed by atoms with Crippen molar-refractivity contribution in [3.63, 3.8) is 0 Å². The number of nitrogens with one attached hydrogen (secondary N) is 1. The number of carbonyl (C=O) groups is 2. The fraction of sp³-hybridized carbons (Fsp3) is 0.100. The quantitative estimate of drug-likeness (QED) is 0.241. The van der Waals surface area contributed by atoms with Crippen LogP contribution in [0.15, 0.2) is 59.8 Å². The van der Waals surface area contributed by atoms with Gasteiger partial charge in [0.1, 0.15) is 11.4 Å². The lowest BCUT2D eigenvalue weighted by molar-refractivity contribution is -0.119. The van der Waals surface area contributed by atoms with Crippen molar-refractivity contribution in [3.8, 4) is 17.0 Å². The third-order valence-electron chi connectivity index (χ3n) is 3.90. The number of carbonyl (C=O) groups excluding carboxylic acids is 2. The number of hydrogen-bond donors (Lipinski definition) is 3. The number of hydrogen-bond acceptors (Lipinski definition) is 6. The molecule has 9 heteroatoms. The van der Waals surface area contributed by atoms with Crippen LogP contribution in [0, 0.1) is 6.92 Å². The summed E-state index contributed by atoms with van der Waals surface area (Å²) in [6.07, 6.45) is 0. The molecule has 0 fully saturated rings. The second kappa shape index (κ2) is 8.70. The molecule has 1 heterocycles. The van der Waals surface area contributed by atoms with Crippen molar-refractivity contribution in [3.05, 3.63) is 71.4 Å². The van der Waals surface area contributed by atoms with Crippen LogP contribution in [0.3, 0.4) is 0 Å². The highest BCUT2D eigenvalue weighted by molar-refractivity contribution is 5.98. The summed E-state index contributed by atoms with van der Waals surface area (Å²) in [4.78, 5) is 27.8. The fourth-order valence-electron chi connectivity index (χ4n) is 2.37. The second-order valence-corrected chi connectivity index (χ2v) is 6.17. The summed E-state index contributed by atoms with van der Waals surface area (Å²) in [5.74, 6) is -0.858. The van der Waals surface area contributed by atoms with Crippen molar-refractivity contribution in [2.24, 2.45) is 16.6 Å². The van der Waals surface area contributed by atoms with Crippen LogP contribution in [0.5, 0.6) is 5.75 Å². The van der Waals surface area contributed by atoms with E-state index in [1.165, 1.54) is 0 Å². The van der Waals surface area contributed by atoms with Gasteiger partial charge in [0, 0.05) is 11.1 Å². The van der Waals surface area contributed by atoms with E-state index in [1.54, 1.807) is 30.3 Å². The first kappa shape index (κ1) is 19.6. The Bertz CT molecular complexity index is 1040. The van der Waals surface area contributed by atoms with Gasteiger partial charge in [-0.15, -0.1) is 0 Å². The smallest absolute Gasteiger partial charge is 0.383 e. The molecule has 0 spiro atoms. The van der Waals surface area contributed by atoms with Gasteiger partial charge >= 0.3 is 5.97 Å². The number of oxime groups is 1. The Morgan fingerprint density at radius 3 is 2.41 bits per heavy atom. The third-order valence-corrected chi connectivity index (χ3v) is 3.90. The number of amidine groups is 1. The summed E-state index contributed by atoms with van der Waals surface area (Å²) < 4.78 is 5.15. The van der Waals surface area contributed by atoms with Crippen LogP contribution in [-0.4, -0.2) is 34.5 Å². The molecule has 0 radical (unpaired) electrons. The molecule has 0 aliphatic carbocycles. The number of ether oxygens (including phenoxy) is 1. The largest absolute Gasteiger partial charge is 0.484 e. The maximum absolute atomic E-state index is 12.2. The first-order chi connectivity index (χ1) is 13.9. The van der Waals surface area contributed by atoms with Crippen LogP contribution in [0.2, 0.25) is 0 Å². The molecule has 3 aromatic rings. The van der Waals surface area contributed by atoms with Crippen molar-refractivity contribution >= 4 is 17.7 Å². The Morgan fingerprint density at radius 1 is 1.07 bits per heavy atom. The molecule has 5 N–H and O–H groups in total. The zero-order valence-electron chi connectivity index (χ0n) is 15.6. The highest BCUT2D eigenvalue weighted by atomic mass is 16.7. The van der Waals surface area contributed by atoms with Crippen molar-refractivity contribution in [2.75, 3.05) is 6.61 Å². The maximum atomic E-state index is 12.2. The number of primary amides is 1. The van der Waals surface area contributed by atoms with Crippen molar-refractivity contribution in [1.29, 1.82) is 0 Å². The number of nitrogens with two attached hydrogens (primary N) is 2. The van der Waals surface area contributed by atoms with E-state index in [9.17, 15) is 9.59 Å². The molecule has 0 unspecified atom stereocenters. The molecule has 29 heavy (non-hydrogen) atoms. The number of aromatic nitrogens is 2. The van der Waals surface area contributed by atoms with E-state index in [0.29, 0.717) is 17.0 Å². The van der Waals surface area contributed by atoms with Crippen LogP contribution >= 0.6 is 0 Å². The molecule has 1 aromatic heterocycles. The standard InChI is InChI=1S/C20H19N5O4/c1-12-2-4-13(5-3-12)16-10-17(24-23-16)20(27)29-25-19(22)14-6-8-15(9-7-14)28-11-18(21)26/h2-10H,11H2,1H3,(H2,21,26)(H2,22,25)(H,23,24). The number of rotatable bonds is 7. The van der Waals surface area contributed by atoms with E-state index in [-0.39, 0.29) is 18.1 Å². The number of amides is 1. The zero-order valence-corrected chi connectivity index (χ0v) is 15.6. The van der Waals surface area contributed by atoms with Gasteiger partial charge in [0.05, 0.1) is 5.69 Å². The van der Waals surface area contributed by atoms with Crippen molar-refractivity contribution in [2.45, 2.75) is 6.92 Å². The molecule has 148 valence electrons. The maximum Gasteiger partial charge on any atom is 0.383 e. The van der Waals surface area contributed by atoms with Crippen LogP contribution in [0.1, 0.15) is 21.6 Å². The normalized spacial score (nSPS) is 11.1. The minimum absolute atomic E-state index is 0.00178. The molecule has 0 bridgehead atoms. The molecule has 0 aliphatic heterocycles. The Balaban J connectivity index is 1.62. The van der Waals surface area contributed by atoms with Crippen molar-refractivity contribution < 1.29 is 19.2 Å². The zero-order chi connectivity index (χ0) is 20.8. The molecule has 3 rings (SSSR count). The average Bonchev–Trinajstić information content (AvgIpc) is 3.21. The number of nitrogens with zero attached hydrogens (tertiary/aromatic N) is 2. The molecular formula is C20H19N5O4.